The first-order valence-corrected chi connectivity index (χ1v) is 7.65. The summed E-state index contributed by atoms with van der Waals surface area (Å²) >= 11 is 0. The van der Waals surface area contributed by atoms with Crippen molar-refractivity contribution in [1.82, 2.24) is 4.72 Å². The van der Waals surface area contributed by atoms with Crippen LogP contribution < -0.4 is 4.72 Å². The normalized spacial score (nSPS) is 12.0. The molecule has 0 aliphatic rings. The molecule has 0 radical (unpaired) electrons. The first-order chi connectivity index (χ1) is 9.50. The molecule has 0 aromatic heterocycles. The molecule has 1 aromatic carbocycles. The van der Waals surface area contributed by atoms with E-state index in [1.165, 1.54) is 12.1 Å². The maximum Gasteiger partial charge on any atom is 0.289 e. The van der Waals surface area contributed by atoms with Crippen molar-refractivity contribution >= 4 is 15.7 Å². The van der Waals surface area contributed by atoms with Gasteiger partial charge in [-0.05, 0) is 44.9 Å². The van der Waals surface area contributed by atoms with E-state index in [4.69, 9.17) is 5.26 Å². The second-order valence-electron chi connectivity index (χ2n) is 5.48. The molecule has 0 atom stereocenters. The Morgan fingerprint density at radius 2 is 1.86 bits per heavy atom. The molecule has 7 nitrogen and oxygen atoms in total. The van der Waals surface area contributed by atoms with Gasteiger partial charge in [0.05, 0.1) is 16.4 Å². The molecular formula is C13H17N3O4S. The largest absolute Gasteiger partial charge is 0.289 e. The summed E-state index contributed by atoms with van der Waals surface area (Å²) in [5, 5.41) is 19.9. The molecule has 1 rings (SSSR count). The molecule has 0 aliphatic carbocycles. The lowest BCUT2D eigenvalue weighted by atomic mass is 9.97. The molecule has 0 saturated heterocycles. The average Bonchev–Trinajstić information content (AvgIpc) is 2.39. The monoisotopic (exact) mass is 311 g/mol. The number of nitro groups is 1. The number of nitrogens with zero attached hydrogens (tertiary/aromatic N) is 2. The minimum atomic E-state index is -4.06. The molecule has 0 saturated carbocycles. The van der Waals surface area contributed by atoms with Gasteiger partial charge in [0.25, 0.3) is 5.69 Å². The van der Waals surface area contributed by atoms with Crippen LogP contribution in [0.5, 0.6) is 0 Å². The zero-order chi connectivity index (χ0) is 16.4. The van der Waals surface area contributed by atoms with Crippen LogP contribution in [0.1, 0.15) is 25.0 Å². The van der Waals surface area contributed by atoms with Crippen LogP contribution in [-0.4, -0.2) is 19.9 Å². The van der Waals surface area contributed by atoms with Crippen molar-refractivity contribution < 1.29 is 13.3 Å². The molecule has 21 heavy (non-hydrogen) atoms. The summed E-state index contributed by atoms with van der Waals surface area (Å²) in [5.74, 6) is 0. The van der Waals surface area contributed by atoms with E-state index in [0.29, 0.717) is 11.1 Å². The lowest BCUT2D eigenvalue weighted by Crippen LogP contribution is -2.33. The highest BCUT2D eigenvalue weighted by Gasteiger charge is 2.28. The quantitative estimate of drug-likeness (QED) is 0.660. The minimum Gasteiger partial charge on any atom is -0.258 e. The van der Waals surface area contributed by atoms with E-state index in [-0.39, 0.29) is 11.4 Å². The Labute approximate surface area is 123 Å². The zero-order valence-electron chi connectivity index (χ0n) is 12.3. The molecule has 0 bridgehead atoms. The molecule has 8 heteroatoms. The molecule has 1 aromatic rings. The van der Waals surface area contributed by atoms with E-state index < -0.39 is 26.0 Å². The third-order valence-corrected chi connectivity index (χ3v) is 4.50. The van der Waals surface area contributed by atoms with Crippen molar-refractivity contribution in [3.63, 3.8) is 0 Å². The van der Waals surface area contributed by atoms with Crippen molar-refractivity contribution in [1.29, 1.82) is 5.26 Å². The summed E-state index contributed by atoms with van der Waals surface area (Å²) in [6, 6.07) is 4.47. The van der Waals surface area contributed by atoms with E-state index in [9.17, 15) is 18.5 Å². The predicted octanol–water partition coefficient (Wildman–Crippen LogP) is 2.04. The number of hydrogen-bond acceptors (Lipinski definition) is 5. The van der Waals surface area contributed by atoms with E-state index in [1.54, 1.807) is 27.7 Å². The van der Waals surface area contributed by atoms with Crippen LogP contribution in [0.2, 0.25) is 0 Å². The van der Waals surface area contributed by atoms with Crippen molar-refractivity contribution in [3.8, 4) is 6.07 Å². The van der Waals surface area contributed by atoms with Gasteiger partial charge in [-0.15, -0.1) is 0 Å². The van der Waals surface area contributed by atoms with E-state index in [2.05, 4.69) is 4.72 Å². The maximum atomic E-state index is 12.3. The van der Waals surface area contributed by atoms with Gasteiger partial charge in [-0.25, -0.2) is 13.1 Å². The molecule has 0 unspecified atom stereocenters. The SMILES string of the molecule is Cc1cc([N+](=O)[O-])c(S(=O)(=O)NCC(C)(C)C#N)cc1C. The summed E-state index contributed by atoms with van der Waals surface area (Å²) in [6.45, 7) is 6.37. The van der Waals surface area contributed by atoms with Crippen LogP contribution in [0.25, 0.3) is 0 Å². The number of hydrogen-bond donors (Lipinski definition) is 1. The Kier molecular flexibility index (Phi) is 4.71. The first-order valence-electron chi connectivity index (χ1n) is 6.17. The Morgan fingerprint density at radius 1 is 1.33 bits per heavy atom. The fraction of sp³-hybridized carbons (Fsp3) is 0.462. The van der Waals surface area contributed by atoms with Crippen molar-refractivity contribution in [2.24, 2.45) is 5.41 Å². The number of sulfonamides is 1. The summed E-state index contributed by atoms with van der Waals surface area (Å²) in [4.78, 5) is 9.94. The van der Waals surface area contributed by atoms with Gasteiger partial charge in [0, 0.05) is 12.6 Å². The molecular weight excluding hydrogens is 294 g/mol. The van der Waals surface area contributed by atoms with Crippen LogP contribution >= 0.6 is 0 Å². The third-order valence-electron chi connectivity index (χ3n) is 3.07. The molecule has 0 amide bonds. The van der Waals surface area contributed by atoms with Gasteiger partial charge in [0.2, 0.25) is 10.0 Å². The number of nitro benzene ring substituents is 1. The van der Waals surface area contributed by atoms with E-state index in [1.807, 2.05) is 6.07 Å². The smallest absolute Gasteiger partial charge is 0.258 e. The molecule has 114 valence electrons. The number of nitriles is 1. The number of aryl methyl sites for hydroxylation is 2. The zero-order valence-corrected chi connectivity index (χ0v) is 13.1. The van der Waals surface area contributed by atoms with Crippen molar-refractivity contribution in [2.45, 2.75) is 32.6 Å². The highest BCUT2D eigenvalue weighted by Crippen LogP contribution is 2.27. The maximum absolute atomic E-state index is 12.3. The van der Waals surface area contributed by atoms with Crippen LogP contribution in [-0.2, 0) is 10.0 Å². The Morgan fingerprint density at radius 3 is 2.33 bits per heavy atom. The fourth-order valence-corrected chi connectivity index (χ4v) is 2.97. The Hall–Kier alpha value is -1.98. The first kappa shape index (κ1) is 17.1. The Balaban J connectivity index is 3.29. The number of nitrogens with one attached hydrogen (secondary N) is 1. The highest BCUT2D eigenvalue weighted by molar-refractivity contribution is 7.89. The highest BCUT2D eigenvalue weighted by atomic mass is 32.2. The Bertz CT molecular complexity index is 718. The lowest BCUT2D eigenvalue weighted by Gasteiger charge is -2.16. The topological polar surface area (TPSA) is 113 Å². The van der Waals surface area contributed by atoms with Crippen LogP contribution in [0, 0.1) is 40.7 Å². The standard InChI is InChI=1S/C13H17N3O4S/c1-9-5-11(16(17)18)12(6-10(9)2)21(19,20)15-8-13(3,4)7-14/h5-6,15H,8H2,1-4H3. The fourth-order valence-electron chi connectivity index (χ4n) is 1.53. The van der Waals surface area contributed by atoms with Gasteiger partial charge in [0.1, 0.15) is 0 Å². The average molecular weight is 311 g/mol. The molecule has 0 aliphatic heterocycles. The van der Waals surface area contributed by atoms with Crippen molar-refractivity contribution in [2.75, 3.05) is 6.54 Å². The summed E-state index contributed by atoms with van der Waals surface area (Å²) in [5.41, 5.74) is -0.0967. The molecule has 0 heterocycles. The molecule has 0 fully saturated rings. The minimum absolute atomic E-state index is 0.129. The third kappa shape index (κ3) is 4.00. The van der Waals surface area contributed by atoms with Gasteiger partial charge in [-0.3, -0.25) is 10.1 Å². The van der Waals surface area contributed by atoms with Crippen LogP contribution in [0.15, 0.2) is 17.0 Å². The summed E-state index contributed by atoms with van der Waals surface area (Å²) < 4.78 is 26.8. The van der Waals surface area contributed by atoms with Crippen molar-refractivity contribution in [3.05, 3.63) is 33.4 Å². The second kappa shape index (κ2) is 5.79. The van der Waals surface area contributed by atoms with Gasteiger partial charge >= 0.3 is 0 Å². The van der Waals surface area contributed by atoms with E-state index >= 15 is 0 Å². The predicted molar refractivity (Wildman–Crippen MR) is 77.2 cm³/mol. The van der Waals surface area contributed by atoms with Gasteiger partial charge in [-0.2, -0.15) is 5.26 Å². The lowest BCUT2D eigenvalue weighted by molar-refractivity contribution is -0.387. The molecule has 0 spiro atoms. The van der Waals surface area contributed by atoms with Gasteiger partial charge in [-0.1, -0.05) is 0 Å². The van der Waals surface area contributed by atoms with E-state index in [0.717, 1.165) is 0 Å². The summed E-state index contributed by atoms with van der Waals surface area (Å²) in [6.07, 6.45) is 0. The van der Waals surface area contributed by atoms with Crippen LogP contribution in [0.4, 0.5) is 5.69 Å². The number of rotatable bonds is 5. The summed E-state index contributed by atoms with van der Waals surface area (Å²) in [7, 11) is -4.06. The number of benzene rings is 1. The molecule has 1 N–H and O–H groups in total. The second-order valence-corrected chi connectivity index (χ2v) is 7.22. The van der Waals surface area contributed by atoms with Gasteiger partial charge < -0.3 is 0 Å². The van der Waals surface area contributed by atoms with Crippen LogP contribution in [0.3, 0.4) is 0 Å². The van der Waals surface area contributed by atoms with Gasteiger partial charge in [0.15, 0.2) is 4.90 Å².